The van der Waals surface area contributed by atoms with Gasteiger partial charge in [0.1, 0.15) is 0 Å². The van der Waals surface area contributed by atoms with Crippen LogP contribution < -0.4 is 10.6 Å². The fourth-order valence-electron chi connectivity index (χ4n) is 1.59. The fraction of sp³-hybridized carbons (Fsp3) is 0.0714. The Bertz CT molecular complexity index is 680. The number of nitrogens with one attached hydrogen (secondary N) is 2. The van der Waals surface area contributed by atoms with E-state index in [2.05, 4.69) is 10.6 Å². The summed E-state index contributed by atoms with van der Waals surface area (Å²) in [6.45, 7) is -0.0982. The summed E-state index contributed by atoms with van der Waals surface area (Å²) in [6.07, 6.45) is 0. The maximum Gasteiger partial charge on any atom is 0.243 e. The highest BCUT2D eigenvalue weighted by atomic mass is 35.5. The topological polar surface area (TPSA) is 41.1 Å². The normalized spacial score (nSPS) is 10.3. The lowest BCUT2D eigenvalue weighted by atomic mass is 10.3. The molecular weight excluding hydrogens is 321 g/mol. The van der Waals surface area contributed by atoms with Crippen molar-refractivity contribution in [2.45, 2.75) is 0 Å². The van der Waals surface area contributed by atoms with Gasteiger partial charge in [-0.2, -0.15) is 0 Å². The minimum atomic E-state index is -1.03. The summed E-state index contributed by atoms with van der Waals surface area (Å²) in [6, 6.07) is 7.90. The molecule has 2 aromatic rings. The molecule has 1 amide bonds. The highest BCUT2D eigenvalue weighted by molar-refractivity contribution is 6.35. The summed E-state index contributed by atoms with van der Waals surface area (Å²) < 4.78 is 25.8. The zero-order valence-electron chi connectivity index (χ0n) is 10.6. The van der Waals surface area contributed by atoms with Crippen molar-refractivity contribution in [1.82, 2.24) is 0 Å². The maximum absolute atomic E-state index is 13.0. The molecule has 110 valence electrons. The first kappa shape index (κ1) is 15.5. The number of hydrogen-bond donors (Lipinski definition) is 2. The van der Waals surface area contributed by atoms with E-state index in [1.807, 2.05) is 0 Å². The van der Waals surface area contributed by atoms with Gasteiger partial charge in [-0.05, 0) is 30.3 Å². The minimum Gasteiger partial charge on any atom is -0.375 e. The van der Waals surface area contributed by atoms with E-state index in [1.54, 1.807) is 18.2 Å². The lowest BCUT2D eigenvalue weighted by molar-refractivity contribution is -0.114. The number of amides is 1. The number of carbonyl (C=O) groups is 1. The molecule has 7 heteroatoms. The van der Waals surface area contributed by atoms with Gasteiger partial charge in [0.15, 0.2) is 11.6 Å². The van der Waals surface area contributed by atoms with Crippen molar-refractivity contribution in [2.75, 3.05) is 17.2 Å². The van der Waals surface area contributed by atoms with Gasteiger partial charge in [-0.25, -0.2) is 8.78 Å². The second kappa shape index (κ2) is 6.74. The van der Waals surface area contributed by atoms with E-state index in [0.29, 0.717) is 15.7 Å². The minimum absolute atomic E-state index is 0.0982. The van der Waals surface area contributed by atoms with Gasteiger partial charge in [-0.3, -0.25) is 4.79 Å². The highest BCUT2D eigenvalue weighted by Crippen LogP contribution is 2.25. The van der Waals surface area contributed by atoms with Crippen LogP contribution in [0.2, 0.25) is 10.0 Å². The Morgan fingerprint density at radius 1 is 1.05 bits per heavy atom. The van der Waals surface area contributed by atoms with Crippen LogP contribution in [0.5, 0.6) is 0 Å². The van der Waals surface area contributed by atoms with Crippen molar-refractivity contribution < 1.29 is 13.6 Å². The van der Waals surface area contributed by atoms with Gasteiger partial charge in [0.2, 0.25) is 5.91 Å². The Balaban J connectivity index is 1.95. The number of rotatable bonds is 4. The molecule has 0 heterocycles. The number of halogens is 4. The molecular formula is C14H10Cl2F2N2O. The van der Waals surface area contributed by atoms with Crippen LogP contribution in [0.25, 0.3) is 0 Å². The third kappa shape index (κ3) is 4.31. The molecule has 0 aliphatic rings. The van der Waals surface area contributed by atoms with Gasteiger partial charge in [0.25, 0.3) is 0 Å². The van der Waals surface area contributed by atoms with Crippen LogP contribution in [-0.4, -0.2) is 12.5 Å². The average Bonchev–Trinajstić information content (AvgIpc) is 2.44. The summed E-state index contributed by atoms with van der Waals surface area (Å²) in [7, 11) is 0. The molecule has 0 bridgehead atoms. The summed E-state index contributed by atoms with van der Waals surface area (Å²) in [5.74, 6) is -2.44. The van der Waals surface area contributed by atoms with Crippen LogP contribution in [0, 0.1) is 11.6 Å². The van der Waals surface area contributed by atoms with Crippen LogP contribution in [0.1, 0.15) is 0 Å². The Morgan fingerprint density at radius 2 is 1.81 bits per heavy atom. The zero-order valence-corrected chi connectivity index (χ0v) is 12.1. The van der Waals surface area contributed by atoms with E-state index >= 15 is 0 Å². The first-order valence-electron chi connectivity index (χ1n) is 5.89. The fourth-order valence-corrected chi connectivity index (χ4v) is 1.94. The summed E-state index contributed by atoms with van der Waals surface area (Å²) in [5, 5.41) is 6.13. The third-order valence-electron chi connectivity index (χ3n) is 2.57. The van der Waals surface area contributed by atoms with Crippen LogP contribution in [-0.2, 0) is 4.79 Å². The van der Waals surface area contributed by atoms with Gasteiger partial charge in [-0.1, -0.05) is 23.2 Å². The van der Waals surface area contributed by atoms with Crippen LogP contribution in [0.4, 0.5) is 20.2 Å². The van der Waals surface area contributed by atoms with Crippen molar-refractivity contribution in [3.63, 3.8) is 0 Å². The van der Waals surface area contributed by atoms with E-state index in [4.69, 9.17) is 23.2 Å². The van der Waals surface area contributed by atoms with Gasteiger partial charge in [-0.15, -0.1) is 0 Å². The quantitative estimate of drug-likeness (QED) is 0.876. The Hall–Kier alpha value is -1.85. The molecule has 2 N–H and O–H groups in total. The summed E-state index contributed by atoms with van der Waals surface area (Å²) >= 11 is 11.8. The SMILES string of the molecule is O=C(CNc1cc(Cl)ccc1Cl)Nc1ccc(F)c(F)c1. The van der Waals surface area contributed by atoms with E-state index in [1.165, 1.54) is 6.07 Å². The molecule has 0 unspecified atom stereocenters. The molecule has 2 aromatic carbocycles. The van der Waals surface area contributed by atoms with Crippen molar-refractivity contribution in [3.8, 4) is 0 Å². The molecule has 2 rings (SSSR count). The second-order valence-corrected chi connectivity index (χ2v) is 5.00. The lowest BCUT2D eigenvalue weighted by Crippen LogP contribution is -2.22. The molecule has 21 heavy (non-hydrogen) atoms. The molecule has 0 saturated carbocycles. The summed E-state index contributed by atoms with van der Waals surface area (Å²) in [4.78, 5) is 11.7. The van der Waals surface area contributed by atoms with E-state index in [0.717, 1.165) is 12.1 Å². The largest absolute Gasteiger partial charge is 0.375 e. The van der Waals surface area contributed by atoms with E-state index in [9.17, 15) is 13.6 Å². The summed E-state index contributed by atoms with van der Waals surface area (Å²) in [5.41, 5.74) is 0.669. The lowest BCUT2D eigenvalue weighted by Gasteiger charge is -2.09. The standard InChI is InChI=1S/C14H10Cl2F2N2O/c15-8-1-3-10(16)13(5-8)19-7-14(21)20-9-2-4-11(17)12(18)6-9/h1-6,19H,7H2,(H,20,21). The van der Waals surface area contributed by atoms with Crippen molar-refractivity contribution in [1.29, 1.82) is 0 Å². The van der Waals surface area contributed by atoms with Crippen molar-refractivity contribution in [2.24, 2.45) is 0 Å². The van der Waals surface area contributed by atoms with E-state index in [-0.39, 0.29) is 12.2 Å². The smallest absolute Gasteiger partial charge is 0.243 e. The molecule has 0 spiro atoms. The molecule has 0 aromatic heterocycles. The number of anilines is 2. The molecule has 0 radical (unpaired) electrons. The van der Waals surface area contributed by atoms with Crippen LogP contribution in [0.15, 0.2) is 36.4 Å². The average molecular weight is 331 g/mol. The molecule has 0 saturated heterocycles. The van der Waals surface area contributed by atoms with Crippen LogP contribution in [0.3, 0.4) is 0 Å². The van der Waals surface area contributed by atoms with Crippen molar-refractivity contribution in [3.05, 3.63) is 58.1 Å². The second-order valence-electron chi connectivity index (χ2n) is 4.15. The number of benzene rings is 2. The molecule has 3 nitrogen and oxygen atoms in total. The van der Waals surface area contributed by atoms with Crippen molar-refractivity contribution >= 4 is 40.5 Å². The first-order valence-corrected chi connectivity index (χ1v) is 6.65. The van der Waals surface area contributed by atoms with E-state index < -0.39 is 17.5 Å². The molecule has 0 aliphatic heterocycles. The number of carbonyl (C=O) groups excluding carboxylic acids is 1. The predicted octanol–water partition coefficient (Wildman–Crippen LogP) is 4.32. The third-order valence-corrected chi connectivity index (χ3v) is 3.14. The Kier molecular flexibility index (Phi) is 4.98. The van der Waals surface area contributed by atoms with Gasteiger partial charge in [0, 0.05) is 16.8 Å². The van der Waals surface area contributed by atoms with Gasteiger partial charge < -0.3 is 10.6 Å². The zero-order chi connectivity index (χ0) is 15.4. The van der Waals surface area contributed by atoms with Gasteiger partial charge in [0.05, 0.1) is 17.3 Å². The monoisotopic (exact) mass is 330 g/mol. The molecule has 0 fully saturated rings. The maximum atomic E-state index is 13.0. The molecule has 0 aliphatic carbocycles. The first-order chi connectivity index (χ1) is 9.95. The Labute approximate surface area is 129 Å². The Morgan fingerprint density at radius 3 is 2.52 bits per heavy atom. The number of hydrogen-bond acceptors (Lipinski definition) is 2. The van der Waals surface area contributed by atoms with Gasteiger partial charge >= 0.3 is 0 Å². The molecule has 0 atom stereocenters. The highest BCUT2D eigenvalue weighted by Gasteiger charge is 2.07. The predicted molar refractivity (Wildman–Crippen MR) is 79.9 cm³/mol. The van der Waals surface area contributed by atoms with Crippen LogP contribution >= 0.6 is 23.2 Å².